The fourth-order valence-corrected chi connectivity index (χ4v) is 3.96. The third-order valence-electron chi connectivity index (χ3n) is 5.73. The van der Waals surface area contributed by atoms with Gasteiger partial charge in [-0.05, 0) is 38.0 Å². The number of urea groups is 1. The molecule has 1 aliphatic carbocycles. The molecule has 3 heterocycles. The molecule has 28 heavy (non-hydrogen) atoms. The van der Waals surface area contributed by atoms with Crippen LogP contribution in [0.25, 0.3) is 0 Å². The first-order chi connectivity index (χ1) is 13.2. The number of ether oxygens (including phenoxy) is 1. The lowest BCUT2D eigenvalue weighted by molar-refractivity contribution is -0.192. The van der Waals surface area contributed by atoms with Crippen LogP contribution in [0.5, 0.6) is 0 Å². The van der Waals surface area contributed by atoms with Gasteiger partial charge in [-0.2, -0.15) is 13.2 Å². The topological polar surface area (TPSA) is 73.3 Å². The number of rotatable bonds is 3. The first-order valence-corrected chi connectivity index (χ1v) is 9.93. The maximum Gasteiger partial charge on any atom is 0.490 e. The van der Waals surface area contributed by atoms with E-state index in [0.29, 0.717) is 12.1 Å². The molecule has 1 N–H and O–H groups in total. The third kappa shape index (κ3) is 5.73. The number of alkyl halides is 3. The van der Waals surface area contributed by atoms with E-state index in [9.17, 15) is 18.0 Å². The molecular formula is C18H28F3N3O4. The number of hydrogen-bond acceptors (Lipinski definition) is 4. The van der Waals surface area contributed by atoms with E-state index in [1.54, 1.807) is 0 Å². The molecule has 0 aromatic heterocycles. The minimum Gasteiger partial charge on any atom is -0.475 e. The summed E-state index contributed by atoms with van der Waals surface area (Å²) in [5, 5.41) is 7.12. The number of amides is 2. The van der Waals surface area contributed by atoms with Crippen LogP contribution in [-0.2, 0) is 9.53 Å². The van der Waals surface area contributed by atoms with Gasteiger partial charge in [0.25, 0.3) is 0 Å². The van der Waals surface area contributed by atoms with Crippen LogP contribution < -0.4 is 0 Å². The molecule has 4 aliphatic rings. The maximum absolute atomic E-state index is 12.5. The predicted molar refractivity (Wildman–Crippen MR) is 93.9 cm³/mol. The Kier molecular flexibility index (Phi) is 6.69. The summed E-state index contributed by atoms with van der Waals surface area (Å²) in [7, 11) is 0. The number of piperazine rings is 1. The molecular weight excluding hydrogens is 379 g/mol. The zero-order chi connectivity index (χ0) is 20.3. The molecule has 0 spiro atoms. The van der Waals surface area contributed by atoms with Crippen molar-refractivity contribution in [3.8, 4) is 0 Å². The van der Waals surface area contributed by atoms with E-state index in [1.807, 2.05) is 4.90 Å². The molecule has 2 unspecified atom stereocenters. The van der Waals surface area contributed by atoms with Crippen LogP contribution in [-0.4, -0.2) is 96.0 Å². The molecule has 4 fully saturated rings. The fraction of sp³-hybridized carbons (Fsp3) is 0.889. The zero-order valence-corrected chi connectivity index (χ0v) is 15.9. The Morgan fingerprint density at radius 1 is 1.00 bits per heavy atom. The van der Waals surface area contributed by atoms with E-state index < -0.39 is 12.1 Å². The van der Waals surface area contributed by atoms with Gasteiger partial charge in [-0.3, -0.25) is 4.90 Å². The van der Waals surface area contributed by atoms with E-state index in [0.717, 1.165) is 58.2 Å². The summed E-state index contributed by atoms with van der Waals surface area (Å²) in [6.07, 6.45) is 1.49. The minimum absolute atomic E-state index is 0.273. The van der Waals surface area contributed by atoms with Crippen LogP contribution in [0.2, 0.25) is 0 Å². The van der Waals surface area contributed by atoms with Crippen molar-refractivity contribution in [3.05, 3.63) is 0 Å². The van der Waals surface area contributed by atoms with Crippen molar-refractivity contribution < 1.29 is 32.6 Å². The second-order valence-electron chi connectivity index (χ2n) is 8.01. The van der Waals surface area contributed by atoms with Crippen LogP contribution in [0.3, 0.4) is 0 Å². The lowest BCUT2D eigenvalue weighted by atomic mass is 10.1. The second kappa shape index (κ2) is 8.86. The van der Waals surface area contributed by atoms with Crippen molar-refractivity contribution in [3.63, 3.8) is 0 Å². The summed E-state index contributed by atoms with van der Waals surface area (Å²) in [5.74, 6) is -1.91. The first kappa shape index (κ1) is 21.2. The number of hydrogen-bond donors (Lipinski definition) is 1. The molecule has 3 aliphatic heterocycles. The summed E-state index contributed by atoms with van der Waals surface area (Å²) in [6, 6.07) is 0.795. The van der Waals surface area contributed by atoms with Crippen molar-refractivity contribution in [1.82, 2.24) is 14.7 Å². The summed E-state index contributed by atoms with van der Waals surface area (Å²) in [5.41, 5.74) is 0. The number of likely N-dealkylation sites (tertiary alicyclic amines) is 1. The van der Waals surface area contributed by atoms with Crippen molar-refractivity contribution >= 4 is 12.0 Å². The van der Waals surface area contributed by atoms with Crippen molar-refractivity contribution in [2.24, 2.45) is 5.92 Å². The number of carboxylic acid groups (broad SMARTS) is 1. The Morgan fingerprint density at radius 3 is 2.21 bits per heavy atom. The average Bonchev–Trinajstić information content (AvgIpc) is 3.15. The van der Waals surface area contributed by atoms with Crippen LogP contribution in [0.15, 0.2) is 0 Å². The van der Waals surface area contributed by atoms with Crippen molar-refractivity contribution in [2.75, 3.05) is 45.9 Å². The number of nitrogens with zero attached hydrogens (tertiary/aromatic N) is 3. The Balaban J connectivity index is 0.000000279. The maximum atomic E-state index is 12.5. The Hall–Kier alpha value is -1.55. The molecule has 2 atom stereocenters. The minimum atomic E-state index is -5.08. The number of halogens is 3. The van der Waals surface area contributed by atoms with Gasteiger partial charge in [0, 0.05) is 51.9 Å². The highest BCUT2D eigenvalue weighted by Gasteiger charge is 2.40. The largest absolute Gasteiger partial charge is 0.490 e. The summed E-state index contributed by atoms with van der Waals surface area (Å²) >= 11 is 0. The molecule has 0 aromatic carbocycles. The lowest BCUT2D eigenvalue weighted by Crippen LogP contribution is -2.54. The number of carboxylic acids is 1. The molecule has 10 heteroatoms. The van der Waals surface area contributed by atoms with E-state index >= 15 is 0 Å². The van der Waals surface area contributed by atoms with Crippen LogP contribution in [0.1, 0.15) is 32.1 Å². The number of aliphatic carboxylic acids is 1. The van der Waals surface area contributed by atoms with E-state index in [4.69, 9.17) is 14.6 Å². The average molecular weight is 407 g/mol. The standard InChI is InChI=1S/C16H27N3O2.C2HF3O2/c20-16(17-5-1-2-6-17)19-8-7-18-11-15(9-14(18)10-19)21-12-13-3-4-13;3-2(4,5)1(6)7/h13-15H,1-12H2;(H,6,7). The van der Waals surface area contributed by atoms with Gasteiger partial charge in [0.05, 0.1) is 6.10 Å². The highest BCUT2D eigenvalue weighted by atomic mass is 19.4. The highest BCUT2D eigenvalue weighted by molar-refractivity contribution is 5.75. The molecule has 0 radical (unpaired) electrons. The van der Waals surface area contributed by atoms with Gasteiger partial charge < -0.3 is 19.6 Å². The summed E-state index contributed by atoms with van der Waals surface area (Å²) in [4.78, 5) is 28.0. The molecule has 1 saturated carbocycles. The number of carbonyl (C=O) groups is 2. The smallest absolute Gasteiger partial charge is 0.475 e. The first-order valence-electron chi connectivity index (χ1n) is 9.93. The van der Waals surface area contributed by atoms with Crippen LogP contribution in [0.4, 0.5) is 18.0 Å². The zero-order valence-electron chi connectivity index (χ0n) is 15.9. The lowest BCUT2D eigenvalue weighted by Gasteiger charge is -2.38. The van der Waals surface area contributed by atoms with Crippen LogP contribution >= 0.6 is 0 Å². The van der Waals surface area contributed by atoms with E-state index in [2.05, 4.69) is 9.80 Å². The van der Waals surface area contributed by atoms with Gasteiger partial charge in [-0.25, -0.2) is 9.59 Å². The SMILES string of the molecule is O=C(N1CCCC1)N1CCN2CC(OCC3CC3)CC2C1.O=C(O)C(F)(F)F. The second-order valence-corrected chi connectivity index (χ2v) is 8.01. The van der Waals surface area contributed by atoms with Gasteiger partial charge in [0.15, 0.2) is 0 Å². The summed E-state index contributed by atoms with van der Waals surface area (Å²) in [6.45, 7) is 6.76. The molecule has 0 bridgehead atoms. The number of fused-ring (bicyclic) bond motifs is 1. The van der Waals surface area contributed by atoms with Gasteiger partial charge in [0.2, 0.25) is 0 Å². The van der Waals surface area contributed by atoms with Gasteiger partial charge in [0.1, 0.15) is 0 Å². The van der Waals surface area contributed by atoms with Gasteiger partial charge >= 0.3 is 18.2 Å². The van der Waals surface area contributed by atoms with Crippen LogP contribution in [0, 0.1) is 5.92 Å². The molecule has 3 saturated heterocycles. The summed E-state index contributed by atoms with van der Waals surface area (Å²) < 4.78 is 37.8. The van der Waals surface area contributed by atoms with Crippen molar-refractivity contribution in [2.45, 2.75) is 50.4 Å². The monoisotopic (exact) mass is 407 g/mol. The van der Waals surface area contributed by atoms with E-state index in [-0.39, 0.29) is 6.03 Å². The predicted octanol–water partition coefficient (Wildman–Crippen LogP) is 2.02. The Bertz CT molecular complexity index is 565. The normalized spacial score (nSPS) is 28.0. The quantitative estimate of drug-likeness (QED) is 0.775. The number of carbonyl (C=O) groups excluding carboxylic acids is 1. The third-order valence-corrected chi connectivity index (χ3v) is 5.73. The van der Waals surface area contributed by atoms with Crippen molar-refractivity contribution in [1.29, 1.82) is 0 Å². The van der Waals surface area contributed by atoms with Gasteiger partial charge in [-0.15, -0.1) is 0 Å². The highest BCUT2D eigenvalue weighted by Crippen LogP contribution is 2.31. The molecule has 0 aromatic rings. The molecule has 4 rings (SSSR count). The van der Waals surface area contributed by atoms with E-state index in [1.165, 1.54) is 25.7 Å². The molecule has 2 amide bonds. The van der Waals surface area contributed by atoms with Gasteiger partial charge in [-0.1, -0.05) is 0 Å². The Labute approximate surface area is 162 Å². The molecule has 7 nitrogen and oxygen atoms in total. The molecule has 160 valence electrons. The Morgan fingerprint density at radius 2 is 1.64 bits per heavy atom. The fourth-order valence-electron chi connectivity index (χ4n) is 3.96.